The molecule has 0 unspecified atom stereocenters. The lowest BCUT2D eigenvalue weighted by molar-refractivity contribution is 0.210. The van der Waals surface area contributed by atoms with Crippen molar-refractivity contribution in [3.63, 3.8) is 0 Å². The van der Waals surface area contributed by atoms with Crippen molar-refractivity contribution in [1.29, 1.82) is 0 Å². The summed E-state index contributed by atoms with van der Waals surface area (Å²) in [6.45, 7) is 4.30. The molecule has 1 aliphatic heterocycles. The highest BCUT2D eigenvalue weighted by Crippen LogP contribution is 2.44. The Morgan fingerprint density at radius 2 is 1.74 bits per heavy atom. The monoisotopic (exact) mass is 542 g/mol. The average Bonchev–Trinajstić information content (AvgIpc) is 3.63. The molecule has 6 rings (SSSR count). The third kappa shape index (κ3) is 4.67. The minimum absolute atomic E-state index is 0.0851. The summed E-state index contributed by atoms with van der Waals surface area (Å²) < 4.78 is 8.49. The molecule has 2 aromatic carbocycles. The van der Waals surface area contributed by atoms with E-state index >= 15 is 0 Å². The second-order valence-corrected chi connectivity index (χ2v) is 11.0. The summed E-state index contributed by atoms with van der Waals surface area (Å²) in [7, 11) is 0. The Morgan fingerprint density at radius 3 is 2.45 bits per heavy atom. The molecule has 0 spiro atoms. The zero-order valence-corrected chi connectivity index (χ0v) is 23.2. The van der Waals surface area contributed by atoms with Gasteiger partial charge in [0.1, 0.15) is 5.75 Å². The van der Waals surface area contributed by atoms with Gasteiger partial charge >= 0.3 is 0 Å². The fourth-order valence-electron chi connectivity index (χ4n) is 5.93. The number of nitrogens with one attached hydrogen (secondary N) is 1. The molecule has 38 heavy (non-hydrogen) atoms. The quantitative estimate of drug-likeness (QED) is 0.253. The summed E-state index contributed by atoms with van der Waals surface area (Å²) in [5.74, 6) is 0.913. The van der Waals surface area contributed by atoms with Crippen LogP contribution >= 0.6 is 23.8 Å². The molecule has 3 heterocycles. The van der Waals surface area contributed by atoms with Gasteiger partial charge in [0.05, 0.1) is 23.9 Å². The number of halogens is 1. The van der Waals surface area contributed by atoms with Gasteiger partial charge in [0.25, 0.3) is 0 Å². The first-order valence-electron chi connectivity index (χ1n) is 13.2. The second kappa shape index (κ2) is 10.4. The number of aromatic nitrogens is 2. The van der Waals surface area contributed by atoms with E-state index in [9.17, 15) is 0 Å². The third-order valence-corrected chi connectivity index (χ3v) is 8.22. The number of pyridine rings is 1. The molecule has 1 aliphatic carbocycles. The van der Waals surface area contributed by atoms with E-state index in [4.69, 9.17) is 33.5 Å². The lowest BCUT2D eigenvalue weighted by Crippen LogP contribution is -2.29. The number of nitrogens with zero attached hydrogens (tertiary/aromatic N) is 3. The minimum atomic E-state index is -0.105. The molecule has 194 valence electrons. The number of rotatable bonds is 6. The number of ether oxygens (including phenoxy) is 1. The molecule has 2 fully saturated rings. The van der Waals surface area contributed by atoms with Crippen LogP contribution < -0.4 is 15.0 Å². The average molecular weight is 543 g/mol. The molecule has 1 N–H and O–H groups in total. The Bertz CT molecular complexity index is 1450. The van der Waals surface area contributed by atoms with Crippen LogP contribution in [0.4, 0.5) is 5.69 Å². The maximum absolute atomic E-state index is 6.36. The van der Waals surface area contributed by atoms with E-state index < -0.39 is 0 Å². The summed E-state index contributed by atoms with van der Waals surface area (Å²) in [4.78, 5) is 6.93. The van der Waals surface area contributed by atoms with Crippen molar-refractivity contribution in [2.24, 2.45) is 0 Å². The van der Waals surface area contributed by atoms with Gasteiger partial charge in [0, 0.05) is 34.0 Å². The van der Waals surface area contributed by atoms with Gasteiger partial charge in [-0.2, -0.15) is 0 Å². The third-order valence-electron chi connectivity index (χ3n) is 7.67. The van der Waals surface area contributed by atoms with E-state index in [0.717, 1.165) is 47.0 Å². The highest BCUT2D eigenvalue weighted by molar-refractivity contribution is 7.80. The standard InChI is InChI=1S/C31H31ClN4OS/c1-20-18-27(21(2)35(20)24-9-7-8-22(32)19-24)30-29(28-12-5-6-17-33-28)34-31(38)36(30)23-13-15-26(16-14-23)37-25-10-3-4-11-25/h5-9,12-19,25,29-30H,3-4,10-11H2,1-2H3,(H,34,38)/t29-,30+/m1/s1. The van der Waals surface area contributed by atoms with Gasteiger partial charge in [0.15, 0.2) is 5.11 Å². The molecular formula is C31H31ClN4OS. The predicted octanol–water partition coefficient (Wildman–Crippen LogP) is 7.64. The fourth-order valence-corrected chi connectivity index (χ4v) is 6.46. The Hall–Kier alpha value is -3.35. The van der Waals surface area contributed by atoms with Crippen LogP contribution in [0.15, 0.2) is 79.0 Å². The Balaban J connectivity index is 1.41. The normalized spacial score (nSPS) is 19.7. The van der Waals surface area contributed by atoms with Gasteiger partial charge in [0.2, 0.25) is 0 Å². The molecule has 1 saturated heterocycles. The minimum Gasteiger partial charge on any atom is -0.490 e. The van der Waals surface area contributed by atoms with Crippen molar-refractivity contribution in [1.82, 2.24) is 14.9 Å². The van der Waals surface area contributed by atoms with Crippen molar-refractivity contribution in [2.75, 3.05) is 4.90 Å². The number of benzene rings is 2. The molecule has 0 bridgehead atoms. The van der Waals surface area contributed by atoms with Crippen molar-refractivity contribution < 1.29 is 4.74 Å². The fraction of sp³-hybridized carbons (Fsp3) is 0.290. The second-order valence-electron chi connectivity index (χ2n) is 10.2. The largest absolute Gasteiger partial charge is 0.490 e. The first-order valence-corrected chi connectivity index (χ1v) is 14.0. The summed E-state index contributed by atoms with van der Waals surface area (Å²) in [6, 6.07) is 24.4. The molecular weight excluding hydrogens is 512 g/mol. The van der Waals surface area contributed by atoms with E-state index in [1.54, 1.807) is 0 Å². The zero-order valence-electron chi connectivity index (χ0n) is 21.6. The van der Waals surface area contributed by atoms with Crippen molar-refractivity contribution in [3.8, 4) is 11.4 Å². The van der Waals surface area contributed by atoms with E-state index in [-0.39, 0.29) is 12.1 Å². The molecule has 1 saturated carbocycles. The summed E-state index contributed by atoms with van der Waals surface area (Å²) >= 11 is 12.3. The van der Waals surface area contributed by atoms with E-state index in [1.807, 2.05) is 36.5 Å². The van der Waals surface area contributed by atoms with Crippen LogP contribution in [-0.4, -0.2) is 20.8 Å². The van der Waals surface area contributed by atoms with Gasteiger partial charge in [-0.05, 0) is 118 Å². The number of aryl methyl sites for hydroxylation is 1. The van der Waals surface area contributed by atoms with Crippen LogP contribution in [0.1, 0.15) is 60.4 Å². The highest BCUT2D eigenvalue weighted by Gasteiger charge is 2.42. The first kappa shape index (κ1) is 25.0. The van der Waals surface area contributed by atoms with Gasteiger partial charge in [-0.15, -0.1) is 0 Å². The van der Waals surface area contributed by atoms with Crippen LogP contribution in [0.3, 0.4) is 0 Å². The number of thiocarbonyl (C=S) groups is 1. The molecule has 0 radical (unpaired) electrons. The maximum atomic E-state index is 6.36. The number of hydrogen-bond acceptors (Lipinski definition) is 3. The molecule has 0 amide bonds. The van der Waals surface area contributed by atoms with Gasteiger partial charge < -0.3 is 19.5 Å². The van der Waals surface area contributed by atoms with E-state index in [2.05, 4.69) is 71.1 Å². The van der Waals surface area contributed by atoms with Crippen molar-refractivity contribution >= 4 is 34.6 Å². The smallest absolute Gasteiger partial charge is 0.174 e. The van der Waals surface area contributed by atoms with Crippen LogP contribution in [0.25, 0.3) is 5.69 Å². The lowest BCUT2D eigenvalue weighted by atomic mass is 9.96. The topological polar surface area (TPSA) is 42.3 Å². The Kier molecular flexibility index (Phi) is 6.85. The summed E-state index contributed by atoms with van der Waals surface area (Å²) in [6.07, 6.45) is 6.94. The Morgan fingerprint density at radius 1 is 0.947 bits per heavy atom. The molecule has 2 aromatic heterocycles. The first-order chi connectivity index (χ1) is 18.5. The maximum Gasteiger partial charge on any atom is 0.174 e. The molecule has 2 aliphatic rings. The van der Waals surface area contributed by atoms with Gasteiger partial charge in [-0.25, -0.2) is 0 Å². The van der Waals surface area contributed by atoms with Crippen LogP contribution in [0.2, 0.25) is 5.02 Å². The summed E-state index contributed by atoms with van der Waals surface area (Å²) in [5, 5.41) is 4.98. The van der Waals surface area contributed by atoms with Crippen molar-refractivity contribution in [3.05, 3.63) is 107 Å². The van der Waals surface area contributed by atoms with E-state index in [1.165, 1.54) is 18.4 Å². The highest BCUT2D eigenvalue weighted by atomic mass is 35.5. The van der Waals surface area contributed by atoms with Crippen molar-refractivity contribution in [2.45, 2.75) is 57.7 Å². The molecule has 4 aromatic rings. The predicted molar refractivity (Wildman–Crippen MR) is 158 cm³/mol. The Labute approximate surface area is 234 Å². The molecule has 2 atom stereocenters. The van der Waals surface area contributed by atoms with Gasteiger partial charge in [-0.3, -0.25) is 4.98 Å². The van der Waals surface area contributed by atoms with Crippen LogP contribution in [-0.2, 0) is 0 Å². The lowest BCUT2D eigenvalue weighted by Gasteiger charge is -2.28. The number of anilines is 1. The zero-order chi connectivity index (χ0) is 26.2. The summed E-state index contributed by atoms with van der Waals surface area (Å²) in [5.41, 5.74) is 6.50. The number of hydrogen-bond donors (Lipinski definition) is 1. The SMILES string of the molecule is Cc1cc([C@H]2[C@@H](c3ccccn3)NC(=S)N2c2ccc(OC3CCCC3)cc2)c(C)n1-c1cccc(Cl)c1. The molecule has 7 heteroatoms. The van der Waals surface area contributed by atoms with Crippen LogP contribution in [0.5, 0.6) is 5.75 Å². The van der Waals surface area contributed by atoms with E-state index in [0.29, 0.717) is 16.2 Å². The van der Waals surface area contributed by atoms with Gasteiger partial charge in [-0.1, -0.05) is 23.7 Å². The van der Waals surface area contributed by atoms with Crippen LogP contribution in [0, 0.1) is 13.8 Å². The molecule has 5 nitrogen and oxygen atoms in total.